The maximum Gasteiger partial charge on any atom is 0.246 e. The summed E-state index contributed by atoms with van der Waals surface area (Å²) in [6.07, 6.45) is 7.39. The number of likely N-dealkylation sites (tertiary alicyclic amines) is 1. The molecular formula is C18H30N2O2. The third kappa shape index (κ3) is 3.54. The summed E-state index contributed by atoms with van der Waals surface area (Å²) in [4.78, 5) is 17.0. The Hall–Kier alpha value is -0.870. The van der Waals surface area contributed by atoms with E-state index >= 15 is 0 Å². The number of amides is 1. The van der Waals surface area contributed by atoms with E-state index < -0.39 is 0 Å². The number of hydrogen-bond donors (Lipinski definition) is 0. The van der Waals surface area contributed by atoms with Crippen LogP contribution in [0.25, 0.3) is 0 Å². The Labute approximate surface area is 134 Å². The van der Waals surface area contributed by atoms with Crippen molar-refractivity contribution in [3.05, 3.63) is 12.2 Å². The highest BCUT2D eigenvalue weighted by atomic mass is 16.5. The van der Waals surface area contributed by atoms with Crippen molar-refractivity contribution in [1.82, 2.24) is 9.80 Å². The minimum atomic E-state index is 0.208. The highest BCUT2D eigenvalue weighted by Gasteiger charge is 2.50. The highest BCUT2D eigenvalue weighted by Crippen LogP contribution is 2.52. The molecule has 0 aromatic heterocycles. The standard InChI is InChI=1S/C18H30N2O2/c1-17(2)11-15-12-18(3,13-17)14-20(15)16(21)5-4-6-19-7-9-22-10-8-19/h4-5,15H,6-14H2,1-3H3/b5-4+. The van der Waals surface area contributed by atoms with Crippen LogP contribution in [-0.2, 0) is 9.53 Å². The Morgan fingerprint density at radius 2 is 1.95 bits per heavy atom. The summed E-state index contributed by atoms with van der Waals surface area (Å²) >= 11 is 0. The molecule has 2 saturated heterocycles. The van der Waals surface area contributed by atoms with E-state index in [1.165, 1.54) is 12.8 Å². The van der Waals surface area contributed by atoms with E-state index in [-0.39, 0.29) is 5.91 Å². The Morgan fingerprint density at radius 1 is 1.23 bits per heavy atom. The first-order valence-electron chi connectivity index (χ1n) is 8.64. The second kappa shape index (κ2) is 5.97. The molecule has 2 heterocycles. The zero-order valence-corrected chi connectivity index (χ0v) is 14.3. The molecule has 3 fully saturated rings. The predicted molar refractivity (Wildman–Crippen MR) is 87.6 cm³/mol. The Morgan fingerprint density at radius 3 is 2.68 bits per heavy atom. The summed E-state index contributed by atoms with van der Waals surface area (Å²) in [5, 5.41) is 0. The topological polar surface area (TPSA) is 32.8 Å². The zero-order chi connectivity index (χ0) is 15.8. The average Bonchev–Trinajstić information content (AvgIpc) is 2.69. The van der Waals surface area contributed by atoms with Crippen LogP contribution in [0.5, 0.6) is 0 Å². The summed E-state index contributed by atoms with van der Waals surface area (Å²) < 4.78 is 5.35. The number of fused-ring (bicyclic) bond motifs is 2. The lowest BCUT2D eigenvalue weighted by molar-refractivity contribution is -0.127. The van der Waals surface area contributed by atoms with Crippen molar-refractivity contribution in [2.24, 2.45) is 10.8 Å². The van der Waals surface area contributed by atoms with Crippen LogP contribution in [0.3, 0.4) is 0 Å². The number of carbonyl (C=O) groups excluding carboxylic acids is 1. The maximum atomic E-state index is 12.6. The fourth-order valence-corrected chi connectivity index (χ4v) is 4.90. The zero-order valence-electron chi connectivity index (χ0n) is 14.3. The van der Waals surface area contributed by atoms with Gasteiger partial charge in [-0.25, -0.2) is 0 Å². The van der Waals surface area contributed by atoms with Gasteiger partial charge in [0.15, 0.2) is 0 Å². The fourth-order valence-electron chi connectivity index (χ4n) is 4.90. The maximum absolute atomic E-state index is 12.6. The molecular weight excluding hydrogens is 276 g/mol. The third-order valence-electron chi connectivity index (χ3n) is 5.43. The van der Waals surface area contributed by atoms with Crippen molar-refractivity contribution >= 4 is 5.91 Å². The van der Waals surface area contributed by atoms with Crippen molar-refractivity contribution < 1.29 is 9.53 Å². The summed E-state index contributed by atoms with van der Waals surface area (Å²) in [5.41, 5.74) is 0.685. The van der Waals surface area contributed by atoms with Crippen LogP contribution < -0.4 is 0 Å². The van der Waals surface area contributed by atoms with Gasteiger partial charge in [0.2, 0.25) is 5.91 Å². The largest absolute Gasteiger partial charge is 0.379 e. The Balaban J connectivity index is 1.56. The normalized spacial score (nSPS) is 35.2. The van der Waals surface area contributed by atoms with Crippen LogP contribution in [0, 0.1) is 10.8 Å². The van der Waals surface area contributed by atoms with Gasteiger partial charge in [-0.2, -0.15) is 0 Å². The first-order chi connectivity index (χ1) is 10.4. The number of nitrogens with zero attached hydrogens (tertiary/aromatic N) is 2. The van der Waals surface area contributed by atoms with Crippen LogP contribution in [0.2, 0.25) is 0 Å². The van der Waals surface area contributed by atoms with Crippen molar-refractivity contribution in [2.75, 3.05) is 39.4 Å². The monoisotopic (exact) mass is 306 g/mol. The van der Waals surface area contributed by atoms with E-state index in [2.05, 4.69) is 30.6 Å². The van der Waals surface area contributed by atoms with Crippen molar-refractivity contribution in [3.8, 4) is 0 Å². The second-order valence-electron chi connectivity index (χ2n) is 8.50. The first kappa shape index (κ1) is 16.0. The summed E-state index contributed by atoms with van der Waals surface area (Å²) in [7, 11) is 0. The summed E-state index contributed by atoms with van der Waals surface area (Å²) in [5.74, 6) is 0.208. The van der Waals surface area contributed by atoms with Gasteiger partial charge < -0.3 is 9.64 Å². The summed E-state index contributed by atoms with van der Waals surface area (Å²) in [6, 6.07) is 0.439. The van der Waals surface area contributed by atoms with Gasteiger partial charge in [-0.1, -0.05) is 26.8 Å². The van der Waals surface area contributed by atoms with E-state index in [4.69, 9.17) is 4.74 Å². The molecule has 1 aliphatic carbocycles. The van der Waals surface area contributed by atoms with E-state index in [1.54, 1.807) is 6.08 Å². The Bertz CT molecular complexity index is 454. The predicted octanol–water partition coefficient (Wildman–Crippen LogP) is 2.30. The van der Waals surface area contributed by atoms with Crippen LogP contribution in [-0.4, -0.2) is 61.1 Å². The molecule has 1 amide bonds. The molecule has 0 aromatic rings. The minimum absolute atomic E-state index is 0.208. The molecule has 2 bridgehead atoms. The van der Waals surface area contributed by atoms with E-state index in [0.29, 0.717) is 16.9 Å². The molecule has 0 radical (unpaired) electrons. The Kier molecular flexibility index (Phi) is 4.34. The lowest BCUT2D eigenvalue weighted by atomic mass is 9.65. The van der Waals surface area contributed by atoms with Crippen LogP contribution in [0.1, 0.15) is 40.0 Å². The third-order valence-corrected chi connectivity index (χ3v) is 5.43. The van der Waals surface area contributed by atoms with Gasteiger partial charge >= 0.3 is 0 Å². The van der Waals surface area contributed by atoms with Gasteiger partial charge in [0.1, 0.15) is 0 Å². The molecule has 1 saturated carbocycles. The molecule has 22 heavy (non-hydrogen) atoms. The molecule has 4 heteroatoms. The van der Waals surface area contributed by atoms with Gasteiger partial charge in [-0.15, -0.1) is 0 Å². The summed E-state index contributed by atoms with van der Waals surface area (Å²) in [6.45, 7) is 12.4. The van der Waals surface area contributed by atoms with Crippen LogP contribution in [0.15, 0.2) is 12.2 Å². The van der Waals surface area contributed by atoms with Crippen LogP contribution in [0.4, 0.5) is 0 Å². The van der Waals surface area contributed by atoms with E-state index in [1.807, 2.05) is 6.08 Å². The fraction of sp³-hybridized carbons (Fsp3) is 0.833. The number of carbonyl (C=O) groups is 1. The molecule has 0 N–H and O–H groups in total. The van der Waals surface area contributed by atoms with Gasteiger partial charge in [0.05, 0.1) is 13.2 Å². The van der Waals surface area contributed by atoms with Crippen molar-refractivity contribution in [3.63, 3.8) is 0 Å². The van der Waals surface area contributed by atoms with Gasteiger partial charge in [-0.05, 0) is 30.1 Å². The number of morpholine rings is 1. The second-order valence-corrected chi connectivity index (χ2v) is 8.50. The minimum Gasteiger partial charge on any atom is -0.379 e. The molecule has 3 aliphatic rings. The highest BCUT2D eigenvalue weighted by molar-refractivity contribution is 5.88. The first-order valence-corrected chi connectivity index (χ1v) is 8.64. The smallest absolute Gasteiger partial charge is 0.246 e. The van der Waals surface area contributed by atoms with E-state index in [9.17, 15) is 4.79 Å². The number of hydrogen-bond acceptors (Lipinski definition) is 3. The molecule has 0 aromatic carbocycles. The quantitative estimate of drug-likeness (QED) is 0.750. The van der Waals surface area contributed by atoms with E-state index in [0.717, 1.165) is 45.8 Å². The number of rotatable bonds is 3. The lowest BCUT2D eigenvalue weighted by Crippen LogP contribution is -2.37. The SMILES string of the molecule is CC1(C)CC2CC(C)(CN2C(=O)/C=C/CN2CCOCC2)C1. The molecule has 124 valence electrons. The van der Waals surface area contributed by atoms with Gasteiger partial charge in [0, 0.05) is 38.3 Å². The number of ether oxygens (including phenoxy) is 1. The van der Waals surface area contributed by atoms with Crippen molar-refractivity contribution in [2.45, 2.75) is 46.1 Å². The van der Waals surface area contributed by atoms with Crippen LogP contribution >= 0.6 is 0 Å². The van der Waals surface area contributed by atoms with Gasteiger partial charge in [-0.3, -0.25) is 9.69 Å². The molecule has 2 aliphatic heterocycles. The molecule has 2 atom stereocenters. The lowest BCUT2D eigenvalue weighted by Gasteiger charge is -2.39. The average molecular weight is 306 g/mol. The molecule has 0 spiro atoms. The molecule has 2 unspecified atom stereocenters. The molecule has 3 rings (SSSR count). The van der Waals surface area contributed by atoms with Crippen molar-refractivity contribution in [1.29, 1.82) is 0 Å². The molecule has 4 nitrogen and oxygen atoms in total. The van der Waals surface area contributed by atoms with Gasteiger partial charge in [0.25, 0.3) is 0 Å².